The van der Waals surface area contributed by atoms with Gasteiger partial charge < -0.3 is 0 Å². The Labute approximate surface area is 130 Å². The minimum Gasteiger partial charge on any atom is -0.279 e. The van der Waals surface area contributed by atoms with Crippen molar-refractivity contribution in [2.24, 2.45) is 0 Å². The molecule has 0 fully saturated rings. The van der Waals surface area contributed by atoms with Crippen molar-refractivity contribution in [3.8, 4) is 5.40 Å². The summed E-state index contributed by atoms with van der Waals surface area (Å²) in [6, 6.07) is 7.41. The number of hydrogen-bond acceptors (Lipinski definition) is 4. The molecule has 0 aliphatic rings. The summed E-state index contributed by atoms with van der Waals surface area (Å²) >= 11 is 0.926. The Hall–Kier alpha value is -2.11. The van der Waals surface area contributed by atoms with E-state index in [2.05, 4.69) is 4.72 Å². The van der Waals surface area contributed by atoms with Crippen LogP contribution in [0.4, 0.5) is 14.5 Å². The lowest BCUT2D eigenvalue weighted by Crippen LogP contribution is -2.17. The predicted molar refractivity (Wildman–Crippen MR) is 79.8 cm³/mol. The highest BCUT2D eigenvalue weighted by atomic mass is 32.2. The Bertz CT molecular complexity index is 841. The van der Waals surface area contributed by atoms with Crippen molar-refractivity contribution in [3.63, 3.8) is 0 Å². The molecular formula is C14H10F2N2O2S2. The Morgan fingerprint density at radius 1 is 1.18 bits per heavy atom. The summed E-state index contributed by atoms with van der Waals surface area (Å²) in [7, 11) is -4.39. The molecule has 8 heteroatoms. The molecule has 0 heterocycles. The normalized spacial score (nSPS) is 11.0. The second-order valence-electron chi connectivity index (χ2n) is 4.33. The summed E-state index contributed by atoms with van der Waals surface area (Å²) in [6.45, 7) is 1.62. The Balaban J connectivity index is 2.40. The van der Waals surface area contributed by atoms with Crippen molar-refractivity contribution >= 4 is 27.5 Å². The summed E-state index contributed by atoms with van der Waals surface area (Å²) in [4.78, 5) is -0.384. The van der Waals surface area contributed by atoms with Crippen LogP contribution >= 0.6 is 11.8 Å². The maximum Gasteiger partial charge on any atom is 0.267 e. The van der Waals surface area contributed by atoms with Gasteiger partial charge in [-0.2, -0.15) is 5.26 Å². The lowest BCUT2D eigenvalue weighted by molar-refractivity contribution is 0.521. The molecule has 0 amide bonds. The molecule has 1 N–H and O–H groups in total. The van der Waals surface area contributed by atoms with Gasteiger partial charge in [0.2, 0.25) is 0 Å². The molecule has 0 spiro atoms. The molecule has 2 aromatic carbocycles. The number of benzene rings is 2. The number of thioether (sulfide) groups is 1. The molecule has 0 aromatic heterocycles. The van der Waals surface area contributed by atoms with E-state index in [0.29, 0.717) is 10.5 Å². The van der Waals surface area contributed by atoms with Gasteiger partial charge in [0, 0.05) is 4.90 Å². The van der Waals surface area contributed by atoms with Gasteiger partial charge in [-0.3, -0.25) is 4.72 Å². The van der Waals surface area contributed by atoms with Crippen LogP contribution < -0.4 is 4.72 Å². The van der Waals surface area contributed by atoms with E-state index in [9.17, 15) is 17.2 Å². The second-order valence-corrected chi connectivity index (χ2v) is 6.80. The summed E-state index contributed by atoms with van der Waals surface area (Å²) in [5.41, 5.74) is 0.713. The molecular weight excluding hydrogens is 330 g/mol. The van der Waals surface area contributed by atoms with E-state index >= 15 is 0 Å². The van der Waals surface area contributed by atoms with Gasteiger partial charge in [-0.1, -0.05) is 6.07 Å². The Kier molecular flexibility index (Phi) is 4.68. The molecule has 0 saturated heterocycles. The summed E-state index contributed by atoms with van der Waals surface area (Å²) in [5, 5.41) is 10.5. The van der Waals surface area contributed by atoms with Crippen LogP contribution in [0.1, 0.15) is 5.56 Å². The Morgan fingerprint density at radius 3 is 2.36 bits per heavy atom. The number of nitrogens with one attached hydrogen (secondary N) is 1. The van der Waals surface area contributed by atoms with Crippen molar-refractivity contribution < 1.29 is 17.2 Å². The molecule has 0 aliphatic heterocycles. The molecule has 0 saturated carbocycles. The van der Waals surface area contributed by atoms with E-state index in [4.69, 9.17) is 5.26 Å². The average Bonchev–Trinajstić information content (AvgIpc) is 2.41. The van der Waals surface area contributed by atoms with E-state index in [-0.39, 0.29) is 5.69 Å². The minimum atomic E-state index is -4.39. The highest BCUT2D eigenvalue weighted by molar-refractivity contribution is 8.03. The molecule has 0 bridgehead atoms. The first-order valence-corrected chi connectivity index (χ1v) is 8.28. The van der Waals surface area contributed by atoms with Crippen LogP contribution in [0.15, 0.2) is 46.2 Å². The maximum absolute atomic E-state index is 13.6. The van der Waals surface area contributed by atoms with Crippen molar-refractivity contribution in [1.82, 2.24) is 0 Å². The smallest absolute Gasteiger partial charge is 0.267 e. The quantitative estimate of drug-likeness (QED) is 0.681. The van der Waals surface area contributed by atoms with Gasteiger partial charge in [0.15, 0.2) is 4.90 Å². The molecule has 0 unspecified atom stereocenters. The number of sulfonamides is 1. The first kappa shape index (κ1) is 16.3. The summed E-state index contributed by atoms with van der Waals surface area (Å²) < 4.78 is 53.7. The highest BCUT2D eigenvalue weighted by Crippen LogP contribution is 2.26. The lowest BCUT2D eigenvalue weighted by atomic mass is 10.2. The second kappa shape index (κ2) is 6.34. The van der Waals surface area contributed by atoms with Crippen molar-refractivity contribution in [2.45, 2.75) is 16.7 Å². The number of nitrogens with zero attached hydrogens (tertiary/aromatic N) is 1. The van der Waals surface area contributed by atoms with E-state index in [1.807, 2.05) is 5.40 Å². The van der Waals surface area contributed by atoms with Crippen molar-refractivity contribution in [1.29, 1.82) is 5.26 Å². The van der Waals surface area contributed by atoms with Gasteiger partial charge in [-0.05, 0) is 54.6 Å². The standard InChI is InChI=1S/C14H10F2N2O2S2/c1-9-7-10(21-8-17)5-6-13(9)18-22(19,20)14-11(15)3-2-4-12(14)16/h2-7,18H,1H3. The van der Waals surface area contributed by atoms with Gasteiger partial charge in [-0.25, -0.2) is 17.2 Å². The average molecular weight is 340 g/mol. The summed E-state index contributed by atoms with van der Waals surface area (Å²) in [6.07, 6.45) is 0. The molecule has 0 aliphatic carbocycles. The van der Waals surface area contributed by atoms with Gasteiger partial charge in [0.1, 0.15) is 17.0 Å². The number of anilines is 1. The summed E-state index contributed by atoms with van der Waals surface area (Å²) in [5.74, 6) is -2.33. The zero-order valence-electron chi connectivity index (χ0n) is 11.3. The molecule has 2 aromatic rings. The van der Waals surface area contributed by atoms with E-state index in [1.54, 1.807) is 13.0 Å². The minimum absolute atomic E-state index is 0.185. The SMILES string of the molecule is Cc1cc(SC#N)ccc1NS(=O)(=O)c1c(F)cccc1F. The van der Waals surface area contributed by atoms with Crippen LogP contribution in [0.25, 0.3) is 0 Å². The third-order valence-electron chi connectivity index (χ3n) is 2.79. The topological polar surface area (TPSA) is 70.0 Å². The lowest BCUT2D eigenvalue weighted by Gasteiger charge is -2.12. The first-order chi connectivity index (χ1) is 10.3. The molecule has 114 valence electrons. The van der Waals surface area contributed by atoms with Gasteiger partial charge in [-0.15, -0.1) is 0 Å². The van der Waals surface area contributed by atoms with Crippen LogP contribution in [0, 0.1) is 29.2 Å². The van der Waals surface area contributed by atoms with Crippen molar-refractivity contribution in [2.75, 3.05) is 4.72 Å². The van der Waals surface area contributed by atoms with Crippen LogP contribution in [-0.2, 0) is 10.0 Å². The fourth-order valence-electron chi connectivity index (χ4n) is 1.80. The first-order valence-electron chi connectivity index (χ1n) is 5.98. The molecule has 4 nitrogen and oxygen atoms in total. The molecule has 22 heavy (non-hydrogen) atoms. The fraction of sp³-hybridized carbons (Fsp3) is 0.0714. The third kappa shape index (κ3) is 3.37. The Morgan fingerprint density at radius 2 is 1.82 bits per heavy atom. The molecule has 0 atom stereocenters. The van der Waals surface area contributed by atoms with Crippen LogP contribution in [0.2, 0.25) is 0 Å². The number of rotatable bonds is 4. The number of thiocyanates is 1. The van der Waals surface area contributed by atoms with E-state index in [0.717, 1.165) is 30.0 Å². The molecule has 2 rings (SSSR count). The van der Waals surface area contributed by atoms with Gasteiger partial charge in [0.05, 0.1) is 5.69 Å². The van der Waals surface area contributed by atoms with Crippen LogP contribution in [0.3, 0.4) is 0 Å². The maximum atomic E-state index is 13.6. The van der Waals surface area contributed by atoms with Crippen molar-refractivity contribution in [3.05, 3.63) is 53.6 Å². The fourth-order valence-corrected chi connectivity index (χ4v) is 3.55. The van der Waals surface area contributed by atoms with Gasteiger partial charge >= 0.3 is 0 Å². The number of halogens is 2. The zero-order chi connectivity index (χ0) is 16.3. The zero-order valence-corrected chi connectivity index (χ0v) is 12.9. The highest BCUT2D eigenvalue weighted by Gasteiger charge is 2.24. The van der Waals surface area contributed by atoms with Crippen LogP contribution in [-0.4, -0.2) is 8.42 Å². The molecule has 0 radical (unpaired) electrons. The van der Waals surface area contributed by atoms with Gasteiger partial charge in [0.25, 0.3) is 10.0 Å². The predicted octanol–water partition coefficient (Wildman–Crippen LogP) is 3.65. The number of nitriles is 1. The largest absolute Gasteiger partial charge is 0.279 e. The van der Waals surface area contributed by atoms with Crippen LogP contribution in [0.5, 0.6) is 0 Å². The monoisotopic (exact) mass is 340 g/mol. The number of hydrogen-bond donors (Lipinski definition) is 1. The van der Waals surface area contributed by atoms with E-state index in [1.165, 1.54) is 12.1 Å². The number of aryl methyl sites for hydroxylation is 1. The van der Waals surface area contributed by atoms with E-state index < -0.39 is 26.6 Å². The third-order valence-corrected chi connectivity index (χ3v) is 4.79.